The highest BCUT2D eigenvalue weighted by atomic mass is 32.2. The summed E-state index contributed by atoms with van der Waals surface area (Å²) < 4.78 is 38.5. The molecule has 0 unspecified atom stereocenters. The van der Waals surface area contributed by atoms with E-state index in [4.69, 9.17) is 9.47 Å². The van der Waals surface area contributed by atoms with Crippen LogP contribution in [0.2, 0.25) is 0 Å². The van der Waals surface area contributed by atoms with Crippen molar-refractivity contribution in [2.24, 2.45) is 5.92 Å². The van der Waals surface area contributed by atoms with Crippen LogP contribution in [-0.2, 0) is 26.2 Å². The number of amides is 2. The lowest BCUT2D eigenvalue weighted by Gasteiger charge is -2.32. The van der Waals surface area contributed by atoms with Crippen molar-refractivity contribution in [3.05, 3.63) is 53.6 Å². The first-order valence-corrected chi connectivity index (χ1v) is 14.2. The van der Waals surface area contributed by atoms with Crippen molar-refractivity contribution in [3.63, 3.8) is 0 Å². The number of hydrogen-bond acceptors (Lipinski definition) is 6. The second-order valence-corrected chi connectivity index (χ2v) is 11.7. The maximum atomic E-state index is 13.7. The second-order valence-electron chi connectivity index (χ2n) is 9.56. The quantitative estimate of drug-likeness (QED) is 0.478. The zero-order valence-electron chi connectivity index (χ0n) is 22.2. The molecule has 0 bridgehead atoms. The van der Waals surface area contributed by atoms with Crippen LogP contribution in [0.25, 0.3) is 0 Å². The Bertz CT molecular complexity index is 1200. The van der Waals surface area contributed by atoms with Crippen molar-refractivity contribution in [2.75, 3.05) is 36.4 Å². The molecule has 0 fully saturated rings. The molecule has 37 heavy (non-hydrogen) atoms. The number of rotatable bonds is 11. The number of ether oxygens (including phenoxy) is 2. The lowest BCUT2D eigenvalue weighted by atomic mass is 10.1. The average Bonchev–Trinajstić information content (AvgIpc) is 2.89. The van der Waals surface area contributed by atoms with E-state index in [1.165, 1.54) is 11.8 Å². The Labute approximate surface area is 219 Å². The third-order valence-electron chi connectivity index (χ3n) is 6.12. The molecule has 10 heteroatoms. The molecule has 9 nitrogen and oxygen atoms in total. The number of nitrogens with one attached hydrogen (secondary N) is 1. The Kier molecular flexibility index (Phi) is 9.42. The van der Waals surface area contributed by atoms with E-state index in [0.29, 0.717) is 36.9 Å². The highest BCUT2D eigenvalue weighted by Crippen LogP contribution is 2.35. The van der Waals surface area contributed by atoms with Crippen LogP contribution in [0, 0.1) is 12.8 Å². The van der Waals surface area contributed by atoms with Gasteiger partial charge >= 0.3 is 0 Å². The molecule has 202 valence electrons. The highest BCUT2D eigenvalue weighted by molar-refractivity contribution is 7.92. The predicted molar refractivity (Wildman–Crippen MR) is 143 cm³/mol. The van der Waals surface area contributed by atoms with E-state index < -0.39 is 28.5 Å². The minimum Gasteiger partial charge on any atom is -0.486 e. The van der Waals surface area contributed by atoms with E-state index in [1.807, 2.05) is 45.0 Å². The first-order valence-electron chi connectivity index (χ1n) is 12.5. The fraction of sp³-hybridized carbons (Fsp3) is 0.481. The molecule has 3 rings (SSSR count). The molecule has 1 atom stereocenters. The Morgan fingerprint density at radius 2 is 1.65 bits per heavy atom. The molecule has 2 amide bonds. The lowest BCUT2D eigenvalue weighted by Crippen LogP contribution is -2.51. The minimum absolute atomic E-state index is 0.163. The number of carbonyl (C=O) groups is 2. The summed E-state index contributed by atoms with van der Waals surface area (Å²) in [4.78, 5) is 28.1. The normalized spacial score (nSPS) is 13.7. The number of hydrogen-bond donors (Lipinski definition) is 1. The van der Waals surface area contributed by atoms with Crippen molar-refractivity contribution < 1.29 is 27.5 Å². The number of sulfonamides is 1. The van der Waals surface area contributed by atoms with Crippen molar-refractivity contribution in [2.45, 2.75) is 47.2 Å². The molecule has 0 aromatic heterocycles. The number of benzene rings is 2. The van der Waals surface area contributed by atoms with Crippen molar-refractivity contribution in [1.82, 2.24) is 10.2 Å². The van der Waals surface area contributed by atoms with Crippen LogP contribution in [0.3, 0.4) is 0 Å². The maximum absolute atomic E-state index is 13.7. The number of aryl methyl sites for hydroxylation is 1. The van der Waals surface area contributed by atoms with E-state index >= 15 is 0 Å². The summed E-state index contributed by atoms with van der Waals surface area (Å²) >= 11 is 0. The van der Waals surface area contributed by atoms with E-state index in [9.17, 15) is 18.0 Å². The van der Waals surface area contributed by atoms with Crippen LogP contribution in [0.15, 0.2) is 42.5 Å². The molecule has 0 radical (unpaired) electrons. The first-order chi connectivity index (χ1) is 17.5. The fourth-order valence-electron chi connectivity index (χ4n) is 3.83. The average molecular weight is 532 g/mol. The van der Waals surface area contributed by atoms with Gasteiger partial charge in [0, 0.05) is 19.2 Å². The van der Waals surface area contributed by atoms with E-state index in [0.717, 1.165) is 15.4 Å². The molecule has 2 aromatic carbocycles. The Hall–Kier alpha value is -3.27. The van der Waals surface area contributed by atoms with Crippen LogP contribution < -0.4 is 19.1 Å². The van der Waals surface area contributed by atoms with E-state index in [-0.39, 0.29) is 24.1 Å². The third kappa shape index (κ3) is 7.38. The highest BCUT2D eigenvalue weighted by Gasteiger charge is 2.31. The summed E-state index contributed by atoms with van der Waals surface area (Å²) in [6.45, 7) is 10.1. The summed E-state index contributed by atoms with van der Waals surface area (Å²) in [5, 5.41) is 2.88. The fourth-order valence-corrected chi connectivity index (χ4v) is 4.89. The van der Waals surface area contributed by atoms with Gasteiger partial charge in [-0.2, -0.15) is 0 Å². The molecule has 1 aliphatic heterocycles. The largest absolute Gasteiger partial charge is 0.486 e. The summed E-state index contributed by atoms with van der Waals surface area (Å²) in [5.74, 6) is 0.213. The molecular weight excluding hydrogens is 494 g/mol. The molecule has 1 aliphatic rings. The molecule has 0 saturated carbocycles. The monoisotopic (exact) mass is 531 g/mol. The number of carbonyl (C=O) groups excluding carboxylic acids is 2. The Balaban J connectivity index is 1.92. The van der Waals surface area contributed by atoms with Gasteiger partial charge in [-0.15, -0.1) is 0 Å². The van der Waals surface area contributed by atoms with Crippen molar-refractivity contribution in [1.29, 1.82) is 0 Å². The van der Waals surface area contributed by atoms with Crippen LogP contribution in [0.1, 0.15) is 38.8 Å². The molecular formula is C27H37N3O6S. The lowest BCUT2D eigenvalue weighted by molar-refractivity contribution is -0.139. The van der Waals surface area contributed by atoms with Gasteiger partial charge in [-0.1, -0.05) is 43.7 Å². The summed E-state index contributed by atoms with van der Waals surface area (Å²) in [6, 6.07) is 11.7. The number of nitrogens with zero attached hydrogens (tertiary/aromatic N) is 2. The van der Waals surface area contributed by atoms with Gasteiger partial charge in [-0.3, -0.25) is 13.9 Å². The van der Waals surface area contributed by atoms with Crippen LogP contribution in [0.5, 0.6) is 11.5 Å². The smallest absolute Gasteiger partial charge is 0.244 e. The molecule has 0 spiro atoms. The standard InChI is InChI=1S/C27H37N3O6S/c1-6-37(33,34)30(23-11-12-24-25(15-23)36-14-13-35-24)18-26(31)29(17-22-9-7-20(4)8-10-22)21(5)27(32)28-16-19(2)3/h7-12,15,19,21H,6,13-14,16-18H2,1-5H3,(H,28,32)/t21-/m0/s1. The zero-order chi connectivity index (χ0) is 27.2. The number of fused-ring (bicyclic) bond motifs is 1. The Morgan fingerprint density at radius 1 is 1.00 bits per heavy atom. The van der Waals surface area contributed by atoms with Gasteiger partial charge < -0.3 is 19.7 Å². The molecule has 1 N–H and O–H groups in total. The van der Waals surface area contributed by atoms with Crippen LogP contribution >= 0.6 is 0 Å². The summed E-state index contributed by atoms with van der Waals surface area (Å²) in [7, 11) is -3.83. The van der Waals surface area contributed by atoms with Gasteiger partial charge in [0.2, 0.25) is 21.8 Å². The summed E-state index contributed by atoms with van der Waals surface area (Å²) in [5.41, 5.74) is 2.21. The Morgan fingerprint density at radius 3 is 2.27 bits per heavy atom. The third-order valence-corrected chi connectivity index (χ3v) is 7.86. The van der Waals surface area contributed by atoms with E-state index in [1.54, 1.807) is 25.1 Å². The van der Waals surface area contributed by atoms with E-state index in [2.05, 4.69) is 5.32 Å². The number of anilines is 1. The van der Waals surface area contributed by atoms with Crippen molar-refractivity contribution in [3.8, 4) is 11.5 Å². The summed E-state index contributed by atoms with van der Waals surface area (Å²) in [6.07, 6.45) is 0. The zero-order valence-corrected chi connectivity index (χ0v) is 23.0. The van der Waals surface area contributed by atoms with Gasteiger partial charge in [-0.25, -0.2) is 8.42 Å². The maximum Gasteiger partial charge on any atom is 0.244 e. The van der Waals surface area contributed by atoms with Gasteiger partial charge in [0.15, 0.2) is 11.5 Å². The molecule has 1 heterocycles. The second kappa shape index (κ2) is 12.3. The van der Waals surface area contributed by atoms with Gasteiger partial charge in [0.1, 0.15) is 25.8 Å². The van der Waals surface area contributed by atoms with Crippen LogP contribution in [0.4, 0.5) is 5.69 Å². The SMILES string of the molecule is CCS(=O)(=O)N(CC(=O)N(Cc1ccc(C)cc1)[C@@H](C)C(=O)NCC(C)C)c1ccc2c(c1)OCCO2. The predicted octanol–water partition coefficient (Wildman–Crippen LogP) is 3.11. The van der Waals surface area contributed by atoms with Gasteiger partial charge in [-0.05, 0) is 44.4 Å². The van der Waals surface area contributed by atoms with Crippen LogP contribution in [-0.4, -0.2) is 63.2 Å². The molecule has 0 aliphatic carbocycles. The minimum atomic E-state index is -3.83. The first kappa shape index (κ1) is 28.3. The molecule has 0 saturated heterocycles. The topological polar surface area (TPSA) is 105 Å². The van der Waals surface area contributed by atoms with Gasteiger partial charge in [0.25, 0.3) is 0 Å². The molecule has 2 aromatic rings. The van der Waals surface area contributed by atoms with Gasteiger partial charge in [0.05, 0.1) is 11.4 Å². The van der Waals surface area contributed by atoms with Crippen molar-refractivity contribution >= 4 is 27.5 Å².